The molecule has 0 spiro atoms. The van der Waals surface area contributed by atoms with E-state index in [-0.39, 0.29) is 46.3 Å². The van der Waals surface area contributed by atoms with Gasteiger partial charge in [0.05, 0.1) is 16.5 Å². The van der Waals surface area contributed by atoms with Gasteiger partial charge in [0.1, 0.15) is 0 Å². The van der Waals surface area contributed by atoms with Crippen LogP contribution in [0.3, 0.4) is 0 Å². The van der Waals surface area contributed by atoms with E-state index in [1.807, 2.05) is 12.1 Å². The van der Waals surface area contributed by atoms with Crippen LogP contribution in [0, 0.1) is 46.3 Å². The molecule has 1 aromatic heterocycles. The lowest BCUT2D eigenvalue weighted by Crippen LogP contribution is -2.55. The second-order valence-corrected chi connectivity index (χ2v) is 14.8. The first kappa shape index (κ1) is 27.1. The summed E-state index contributed by atoms with van der Waals surface area (Å²) in [6.45, 7) is 11.2. The van der Waals surface area contributed by atoms with E-state index in [2.05, 4.69) is 46.0 Å². The van der Waals surface area contributed by atoms with Crippen molar-refractivity contribution < 1.29 is 14.7 Å². The first-order valence-corrected chi connectivity index (χ1v) is 15.3. The molecular weight excluding hydrogens is 502 g/mol. The Hall–Kier alpha value is -1.43. The first-order chi connectivity index (χ1) is 17.4. The summed E-state index contributed by atoms with van der Waals surface area (Å²) in [5, 5.41) is 14.7. The van der Waals surface area contributed by atoms with Gasteiger partial charge in [-0.3, -0.25) is 9.59 Å². The Morgan fingerprint density at radius 1 is 1.19 bits per heavy atom. The zero-order valence-corrected chi connectivity index (χ0v) is 24.4. The Bertz CT molecular complexity index is 1120. The predicted molar refractivity (Wildman–Crippen MR) is 150 cm³/mol. The summed E-state index contributed by atoms with van der Waals surface area (Å²) in [7, 11) is 0. The molecule has 37 heavy (non-hydrogen) atoms. The number of hydrogen-bond acceptors (Lipinski definition) is 4. The van der Waals surface area contributed by atoms with Gasteiger partial charge in [-0.15, -0.1) is 11.3 Å². The first-order valence-electron chi connectivity index (χ1n) is 14.1. The Morgan fingerprint density at radius 2 is 1.95 bits per heavy atom. The van der Waals surface area contributed by atoms with Crippen LogP contribution in [-0.2, 0) is 9.59 Å². The Morgan fingerprint density at radius 3 is 2.62 bits per heavy atom. The van der Waals surface area contributed by atoms with E-state index in [0.29, 0.717) is 30.6 Å². The van der Waals surface area contributed by atoms with E-state index >= 15 is 0 Å². The van der Waals surface area contributed by atoms with Crippen LogP contribution in [0.5, 0.6) is 0 Å². The number of carbonyl (C=O) groups is 2. The Balaban J connectivity index is 1.30. The number of hydrogen-bond donors (Lipinski definition) is 2. The van der Waals surface area contributed by atoms with Gasteiger partial charge in [0.25, 0.3) is 0 Å². The van der Waals surface area contributed by atoms with E-state index in [1.54, 1.807) is 23.5 Å². The maximum atomic E-state index is 13.3. The highest BCUT2D eigenvalue weighted by atomic mass is 35.5. The average molecular weight is 544 g/mol. The van der Waals surface area contributed by atoms with Crippen molar-refractivity contribution in [1.82, 2.24) is 5.32 Å². The lowest BCUT2D eigenvalue weighted by atomic mass is 9.46. The summed E-state index contributed by atoms with van der Waals surface area (Å²) in [5.74, 6) is 2.28. The number of carbonyl (C=O) groups excluding carboxylic acids is 2. The highest BCUT2D eigenvalue weighted by molar-refractivity contribution is 7.16. The number of thiophene rings is 1. The van der Waals surface area contributed by atoms with Gasteiger partial charge in [-0.05, 0) is 97.3 Å². The standard InChI is InChI=1S/C31H42ClNO3S/c1-17(2)29(25-8-9-26(32)37-25)33-27(36)14-18(3)21-6-7-22-28-23(11-13-31(21,22)5)30(4)12-10-20(34)15-19(30)16-24(28)35/h8-10,12,15,17-18,21-24,28-29,35H,6-7,11,13-14,16H2,1-5H3,(H,33,36)/t18-,21-,22+,23+,24-,28+,29-,30+,31-/m1/s1. The minimum absolute atomic E-state index is 0.0182. The molecule has 1 heterocycles. The molecule has 0 bridgehead atoms. The van der Waals surface area contributed by atoms with Gasteiger partial charge in [-0.1, -0.05) is 57.9 Å². The maximum absolute atomic E-state index is 13.3. The minimum atomic E-state index is -0.393. The third-order valence-corrected chi connectivity index (χ3v) is 12.0. The monoisotopic (exact) mass is 543 g/mol. The van der Waals surface area contributed by atoms with Gasteiger partial charge < -0.3 is 10.4 Å². The molecular formula is C31H42ClNO3S. The quantitative estimate of drug-likeness (QED) is 0.401. The maximum Gasteiger partial charge on any atom is 0.220 e. The fraction of sp³-hybridized carbons (Fsp3) is 0.677. The molecule has 4 aliphatic carbocycles. The van der Waals surface area contributed by atoms with E-state index in [0.717, 1.165) is 40.5 Å². The van der Waals surface area contributed by atoms with Crippen molar-refractivity contribution in [1.29, 1.82) is 0 Å². The van der Waals surface area contributed by atoms with Crippen molar-refractivity contribution in [2.45, 2.75) is 85.3 Å². The summed E-state index contributed by atoms with van der Waals surface area (Å²) in [5.41, 5.74) is 1.12. The summed E-state index contributed by atoms with van der Waals surface area (Å²) in [6.07, 6.45) is 10.8. The van der Waals surface area contributed by atoms with Crippen LogP contribution in [0.4, 0.5) is 0 Å². The fourth-order valence-corrected chi connectivity index (χ4v) is 10.2. The molecule has 9 atom stereocenters. The van der Waals surface area contributed by atoms with E-state index in [1.165, 1.54) is 0 Å². The lowest BCUT2D eigenvalue weighted by Gasteiger charge is -2.58. The number of aliphatic hydroxyl groups excluding tert-OH is 1. The molecule has 5 rings (SSSR count). The van der Waals surface area contributed by atoms with Crippen LogP contribution in [0.15, 0.2) is 35.9 Å². The third kappa shape index (κ3) is 4.67. The molecule has 0 aliphatic heterocycles. The van der Waals surface area contributed by atoms with Crippen molar-refractivity contribution in [3.63, 3.8) is 0 Å². The van der Waals surface area contributed by atoms with E-state index in [9.17, 15) is 14.7 Å². The largest absolute Gasteiger partial charge is 0.392 e. The topological polar surface area (TPSA) is 66.4 Å². The molecule has 202 valence electrons. The van der Waals surface area contributed by atoms with Gasteiger partial charge in [-0.2, -0.15) is 0 Å². The number of allylic oxidation sites excluding steroid dienone is 3. The summed E-state index contributed by atoms with van der Waals surface area (Å²) in [6, 6.07) is 3.91. The van der Waals surface area contributed by atoms with Crippen LogP contribution in [0.2, 0.25) is 4.34 Å². The highest BCUT2D eigenvalue weighted by Crippen LogP contribution is 2.67. The lowest BCUT2D eigenvalue weighted by molar-refractivity contribution is -0.125. The normalized spacial score (nSPS) is 38.4. The summed E-state index contributed by atoms with van der Waals surface area (Å²) < 4.78 is 0.750. The number of rotatable bonds is 6. The fourth-order valence-electron chi connectivity index (χ4n) is 8.87. The minimum Gasteiger partial charge on any atom is -0.392 e. The smallest absolute Gasteiger partial charge is 0.220 e. The van der Waals surface area contributed by atoms with E-state index in [4.69, 9.17) is 11.6 Å². The molecule has 0 aromatic carbocycles. The van der Waals surface area contributed by atoms with Crippen molar-refractivity contribution in [3.05, 3.63) is 45.1 Å². The predicted octanol–water partition coefficient (Wildman–Crippen LogP) is 7.14. The number of fused-ring (bicyclic) bond motifs is 5. The summed E-state index contributed by atoms with van der Waals surface area (Å²) >= 11 is 7.72. The number of aliphatic hydroxyl groups is 1. The van der Waals surface area contributed by atoms with Gasteiger partial charge in [-0.25, -0.2) is 0 Å². The van der Waals surface area contributed by atoms with Crippen LogP contribution in [0.25, 0.3) is 0 Å². The molecule has 1 aromatic rings. The van der Waals surface area contributed by atoms with Crippen molar-refractivity contribution >= 4 is 34.6 Å². The van der Waals surface area contributed by atoms with Crippen molar-refractivity contribution in [2.24, 2.45) is 46.3 Å². The van der Waals surface area contributed by atoms with Gasteiger partial charge in [0.2, 0.25) is 5.91 Å². The van der Waals surface area contributed by atoms with Crippen molar-refractivity contribution in [3.8, 4) is 0 Å². The number of amides is 1. The van der Waals surface area contributed by atoms with Crippen molar-refractivity contribution in [2.75, 3.05) is 0 Å². The SMILES string of the molecule is CC(C)[C@@H](NC(=O)C[C@@H](C)[C@H]1CC[C@H]2[C@@H]3[C@H](O)CC4=CC(=O)C=C[C@]4(C)[C@H]3CC[C@]12C)c1ccc(Cl)s1. The molecule has 3 fully saturated rings. The number of ketones is 1. The molecule has 3 saturated carbocycles. The summed E-state index contributed by atoms with van der Waals surface area (Å²) in [4.78, 5) is 26.4. The Labute approximate surface area is 230 Å². The van der Waals surface area contributed by atoms with Crippen LogP contribution >= 0.6 is 22.9 Å². The number of halogens is 1. The Kier molecular flexibility index (Phi) is 7.30. The molecule has 2 N–H and O–H groups in total. The molecule has 0 radical (unpaired) electrons. The van der Waals surface area contributed by atoms with E-state index < -0.39 is 6.10 Å². The molecule has 0 unspecified atom stereocenters. The molecule has 4 nitrogen and oxygen atoms in total. The third-order valence-electron chi connectivity index (χ3n) is 10.7. The van der Waals surface area contributed by atoms with Gasteiger partial charge >= 0.3 is 0 Å². The molecule has 0 saturated heterocycles. The molecule has 6 heteroatoms. The van der Waals surface area contributed by atoms with Crippen LogP contribution in [0.1, 0.15) is 84.1 Å². The highest BCUT2D eigenvalue weighted by Gasteiger charge is 2.61. The zero-order valence-electron chi connectivity index (χ0n) is 22.8. The van der Waals surface area contributed by atoms with Gasteiger partial charge in [0.15, 0.2) is 5.78 Å². The van der Waals surface area contributed by atoms with Crippen LogP contribution < -0.4 is 5.32 Å². The molecule has 1 amide bonds. The van der Waals surface area contributed by atoms with Gasteiger partial charge in [0, 0.05) is 16.7 Å². The number of nitrogens with one attached hydrogen (secondary N) is 1. The second kappa shape index (κ2) is 9.95. The average Bonchev–Trinajstić information content (AvgIpc) is 3.41. The zero-order chi connectivity index (χ0) is 26.7. The second-order valence-electron chi connectivity index (χ2n) is 13.1. The van der Waals surface area contributed by atoms with Crippen LogP contribution in [-0.4, -0.2) is 22.9 Å². The molecule has 4 aliphatic rings.